The van der Waals surface area contributed by atoms with Gasteiger partial charge in [-0.15, -0.1) is 0 Å². The molecule has 4 heterocycles. The Morgan fingerprint density at radius 2 is 1.89 bits per heavy atom. The zero-order valence-corrected chi connectivity index (χ0v) is 21.1. The monoisotopic (exact) mass is 516 g/mol. The molecular weight excluding hydrogens is 492 g/mol. The second-order valence-corrected chi connectivity index (χ2v) is 9.91. The minimum Gasteiger partial charge on any atom is -0.489 e. The molecule has 0 radical (unpaired) electrons. The number of rotatable bonds is 3. The van der Waals surface area contributed by atoms with Crippen molar-refractivity contribution in [1.29, 1.82) is 5.26 Å². The average Bonchev–Trinajstić information content (AvgIpc) is 3.17. The normalized spacial score (nSPS) is 18.9. The molecule has 0 bridgehead atoms. The maximum atomic E-state index is 13.7. The highest BCUT2D eigenvalue weighted by Gasteiger charge is 2.41. The number of anilines is 1. The van der Waals surface area contributed by atoms with E-state index in [1.165, 1.54) is 0 Å². The van der Waals surface area contributed by atoms with Gasteiger partial charge in [-0.2, -0.15) is 10.4 Å². The lowest BCUT2D eigenvalue weighted by Crippen LogP contribution is -2.54. The minimum absolute atomic E-state index is 0.0544. The van der Waals surface area contributed by atoms with Crippen molar-refractivity contribution in [3.05, 3.63) is 75.6 Å². The van der Waals surface area contributed by atoms with Gasteiger partial charge < -0.3 is 19.4 Å². The highest BCUT2D eigenvalue weighted by atomic mass is 35.5. The quantitative estimate of drug-likeness (QED) is 0.497. The molecule has 188 valence electrons. The van der Waals surface area contributed by atoms with Crippen LogP contribution in [0.3, 0.4) is 0 Å². The second-order valence-electron chi connectivity index (χ2n) is 9.56. The Bertz CT molecular complexity index is 1450. The van der Waals surface area contributed by atoms with Crippen LogP contribution in [0.15, 0.2) is 42.5 Å². The molecular formula is C27H25ClN6O3. The van der Waals surface area contributed by atoms with E-state index in [1.807, 2.05) is 42.5 Å². The molecule has 3 aliphatic rings. The molecule has 37 heavy (non-hydrogen) atoms. The smallest absolute Gasteiger partial charge is 0.275 e. The molecule has 0 spiro atoms. The molecule has 2 aromatic carbocycles. The fraction of sp³-hybridized carbons (Fsp3) is 0.333. The lowest BCUT2D eigenvalue weighted by atomic mass is 9.96. The van der Waals surface area contributed by atoms with Crippen LogP contribution in [-0.2, 0) is 30.7 Å². The summed E-state index contributed by atoms with van der Waals surface area (Å²) in [7, 11) is 1.73. The van der Waals surface area contributed by atoms with Gasteiger partial charge in [-0.3, -0.25) is 9.59 Å². The SMILES string of the molecule is CN1C(=O)[C@@H](N2CCc3c(nn(Cc4ccccc4)c3Cl)C2=O)COc2ccc3c(c21)CCN(C#N)C3. The number of hydrogen-bond acceptors (Lipinski definition) is 6. The first-order valence-corrected chi connectivity index (χ1v) is 12.6. The van der Waals surface area contributed by atoms with Crippen molar-refractivity contribution in [2.75, 3.05) is 31.6 Å². The molecule has 0 saturated heterocycles. The maximum Gasteiger partial charge on any atom is 0.275 e. The van der Waals surface area contributed by atoms with Crippen LogP contribution in [-0.4, -0.2) is 64.2 Å². The summed E-state index contributed by atoms with van der Waals surface area (Å²) in [5.41, 5.74) is 4.78. The van der Waals surface area contributed by atoms with Gasteiger partial charge in [0.05, 0.1) is 18.8 Å². The third kappa shape index (κ3) is 3.89. The van der Waals surface area contributed by atoms with Crippen LogP contribution >= 0.6 is 11.6 Å². The number of nitrogens with zero attached hydrogens (tertiary/aromatic N) is 6. The first-order valence-electron chi connectivity index (χ1n) is 12.3. The second kappa shape index (κ2) is 9.12. The van der Waals surface area contributed by atoms with E-state index in [1.54, 1.807) is 26.4 Å². The number of halogens is 1. The number of benzene rings is 2. The fourth-order valence-electron chi connectivity index (χ4n) is 5.48. The van der Waals surface area contributed by atoms with E-state index in [-0.39, 0.29) is 18.4 Å². The van der Waals surface area contributed by atoms with Gasteiger partial charge in [0.1, 0.15) is 23.6 Å². The Hall–Kier alpha value is -4.03. The molecule has 10 heteroatoms. The summed E-state index contributed by atoms with van der Waals surface area (Å²) in [6, 6.07) is 12.8. The lowest BCUT2D eigenvalue weighted by molar-refractivity contribution is -0.123. The van der Waals surface area contributed by atoms with Gasteiger partial charge in [-0.1, -0.05) is 48.0 Å². The van der Waals surface area contributed by atoms with Crippen LogP contribution in [0.2, 0.25) is 5.15 Å². The molecule has 2 amide bonds. The van der Waals surface area contributed by atoms with E-state index in [9.17, 15) is 14.9 Å². The Morgan fingerprint density at radius 1 is 1.11 bits per heavy atom. The van der Waals surface area contributed by atoms with Crippen molar-refractivity contribution < 1.29 is 14.3 Å². The molecule has 3 aliphatic heterocycles. The van der Waals surface area contributed by atoms with Crippen molar-refractivity contribution in [2.24, 2.45) is 0 Å². The average molecular weight is 517 g/mol. The van der Waals surface area contributed by atoms with Crippen LogP contribution in [0.1, 0.15) is 32.7 Å². The highest BCUT2D eigenvalue weighted by molar-refractivity contribution is 6.31. The molecule has 9 nitrogen and oxygen atoms in total. The van der Waals surface area contributed by atoms with Crippen LogP contribution in [0.4, 0.5) is 5.69 Å². The Kier molecular flexibility index (Phi) is 5.76. The molecule has 0 saturated carbocycles. The van der Waals surface area contributed by atoms with Crippen LogP contribution < -0.4 is 9.64 Å². The first-order chi connectivity index (χ1) is 18.0. The minimum atomic E-state index is -0.786. The van der Waals surface area contributed by atoms with Gasteiger partial charge in [-0.25, -0.2) is 4.68 Å². The van der Waals surface area contributed by atoms with E-state index in [0.29, 0.717) is 61.2 Å². The largest absolute Gasteiger partial charge is 0.489 e. The van der Waals surface area contributed by atoms with Crippen molar-refractivity contribution in [3.8, 4) is 11.9 Å². The predicted molar refractivity (Wildman–Crippen MR) is 136 cm³/mol. The van der Waals surface area contributed by atoms with Crippen molar-refractivity contribution in [1.82, 2.24) is 19.6 Å². The van der Waals surface area contributed by atoms with Crippen molar-refractivity contribution >= 4 is 29.1 Å². The molecule has 1 atom stereocenters. The number of carbonyl (C=O) groups is 2. The molecule has 0 unspecified atom stereocenters. The number of fused-ring (bicyclic) bond motifs is 4. The molecule has 0 fully saturated rings. The van der Waals surface area contributed by atoms with Crippen molar-refractivity contribution in [3.63, 3.8) is 0 Å². The lowest BCUT2D eigenvalue weighted by Gasteiger charge is -2.33. The molecule has 1 aromatic heterocycles. The Balaban J connectivity index is 1.27. The summed E-state index contributed by atoms with van der Waals surface area (Å²) in [4.78, 5) is 32.2. The number of likely N-dealkylation sites (N-methyl/N-ethyl adjacent to an activating group) is 1. The van der Waals surface area contributed by atoms with Gasteiger partial charge >= 0.3 is 0 Å². The fourth-order valence-corrected chi connectivity index (χ4v) is 5.76. The first kappa shape index (κ1) is 23.4. The number of ether oxygens (including phenoxy) is 1. The topological polar surface area (TPSA) is 94.7 Å². The molecule has 6 rings (SSSR count). The number of amides is 2. The zero-order chi connectivity index (χ0) is 25.7. The number of aromatic nitrogens is 2. The van der Waals surface area contributed by atoms with E-state index in [4.69, 9.17) is 16.3 Å². The van der Waals surface area contributed by atoms with Gasteiger partial charge in [0.15, 0.2) is 11.9 Å². The molecule has 0 aliphatic carbocycles. The van der Waals surface area contributed by atoms with E-state index in [2.05, 4.69) is 11.3 Å². The van der Waals surface area contributed by atoms with E-state index >= 15 is 0 Å². The summed E-state index contributed by atoms with van der Waals surface area (Å²) in [6.45, 7) is 1.95. The third-order valence-corrected chi connectivity index (χ3v) is 7.85. The standard InChI is InChI=1S/C27H25ClN6O3/c1-31-24-19-9-11-32(16-29)14-18(19)7-8-22(24)37-15-21(26(31)35)33-12-10-20-23(27(33)36)30-34(25(20)28)13-17-5-3-2-4-6-17/h2-8,21H,9-15H2,1H3/t21-/m0/s1. The Labute approximate surface area is 219 Å². The van der Waals surface area contributed by atoms with Crippen molar-refractivity contribution in [2.45, 2.75) is 32.0 Å². The number of nitriles is 1. The summed E-state index contributed by atoms with van der Waals surface area (Å²) >= 11 is 6.62. The van der Waals surface area contributed by atoms with Gasteiger partial charge in [-0.05, 0) is 35.6 Å². The maximum absolute atomic E-state index is 13.7. The summed E-state index contributed by atoms with van der Waals surface area (Å²) in [5, 5.41) is 14.3. The third-order valence-electron chi connectivity index (χ3n) is 7.42. The summed E-state index contributed by atoms with van der Waals surface area (Å²) in [6.07, 6.45) is 3.35. The van der Waals surface area contributed by atoms with Crippen LogP contribution in [0, 0.1) is 11.5 Å². The van der Waals surface area contributed by atoms with E-state index in [0.717, 1.165) is 22.4 Å². The Morgan fingerprint density at radius 3 is 2.68 bits per heavy atom. The van der Waals surface area contributed by atoms with Crippen LogP contribution in [0.25, 0.3) is 0 Å². The van der Waals surface area contributed by atoms with Gasteiger partial charge in [0, 0.05) is 25.7 Å². The molecule has 0 N–H and O–H groups in total. The number of carbonyl (C=O) groups excluding carboxylic acids is 2. The number of hydrogen-bond donors (Lipinski definition) is 0. The highest BCUT2D eigenvalue weighted by Crippen LogP contribution is 2.39. The molecule has 3 aromatic rings. The van der Waals surface area contributed by atoms with Gasteiger partial charge in [0.25, 0.3) is 11.8 Å². The van der Waals surface area contributed by atoms with E-state index < -0.39 is 6.04 Å². The van der Waals surface area contributed by atoms with Gasteiger partial charge in [0.2, 0.25) is 0 Å². The zero-order valence-electron chi connectivity index (χ0n) is 20.4. The predicted octanol–water partition coefficient (Wildman–Crippen LogP) is 2.85. The van der Waals surface area contributed by atoms with Crippen LogP contribution in [0.5, 0.6) is 5.75 Å². The summed E-state index contributed by atoms with van der Waals surface area (Å²) in [5.74, 6) is 0.0901. The summed E-state index contributed by atoms with van der Waals surface area (Å²) < 4.78 is 7.78.